The molecule has 1 aliphatic rings. The largest absolute Gasteiger partial charge is 0.372 e. The average molecular weight is 224 g/mol. The molecular formula is C11H12O3S. The fourth-order valence-corrected chi connectivity index (χ4v) is 2.75. The van der Waals surface area contributed by atoms with Gasteiger partial charge >= 0.3 is 0 Å². The summed E-state index contributed by atoms with van der Waals surface area (Å²) in [4.78, 5) is 0.705. The Morgan fingerprint density at radius 3 is 2.40 bits per heavy atom. The van der Waals surface area contributed by atoms with Crippen molar-refractivity contribution in [2.24, 2.45) is 0 Å². The summed E-state index contributed by atoms with van der Waals surface area (Å²) in [6.07, 6.45) is 1.62. The van der Waals surface area contributed by atoms with Gasteiger partial charge in [0.05, 0.1) is 23.0 Å². The van der Waals surface area contributed by atoms with Gasteiger partial charge in [0.25, 0.3) is 0 Å². The second-order valence-corrected chi connectivity index (χ2v) is 5.50. The van der Waals surface area contributed by atoms with Crippen molar-refractivity contribution in [2.45, 2.75) is 11.8 Å². The van der Waals surface area contributed by atoms with Crippen LogP contribution in [0, 0.1) is 6.92 Å². The third-order valence-corrected chi connectivity index (χ3v) is 4.22. The molecule has 0 bridgehead atoms. The Morgan fingerprint density at radius 1 is 1.20 bits per heavy atom. The standard InChI is InChI=1S/C11H12O3S/c1-9-2-4-10(5-3-9)15(12,13)11-6-7-14-8-11/h2-6H,7-8H2,1H3. The SMILES string of the molecule is Cc1ccc(S(=O)(=O)C2=CCOC2)cc1. The van der Waals surface area contributed by atoms with Crippen molar-refractivity contribution in [3.8, 4) is 0 Å². The summed E-state index contributed by atoms with van der Waals surface area (Å²) in [5.41, 5.74) is 1.05. The third kappa shape index (κ3) is 1.96. The molecule has 0 aliphatic carbocycles. The molecule has 2 rings (SSSR count). The number of hydrogen-bond donors (Lipinski definition) is 0. The highest BCUT2D eigenvalue weighted by atomic mass is 32.2. The number of rotatable bonds is 2. The minimum atomic E-state index is -3.32. The lowest BCUT2D eigenvalue weighted by molar-refractivity contribution is 0.211. The molecule has 1 aromatic carbocycles. The Kier molecular flexibility index (Phi) is 2.63. The van der Waals surface area contributed by atoms with E-state index in [2.05, 4.69) is 0 Å². The van der Waals surface area contributed by atoms with Crippen LogP contribution in [0.15, 0.2) is 40.1 Å². The lowest BCUT2D eigenvalue weighted by Crippen LogP contribution is -2.06. The minimum Gasteiger partial charge on any atom is -0.372 e. The predicted molar refractivity (Wildman–Crippen MR) is 57.3 cm³/mol. The highest BCUT2D eigenvalue weighted by molar-refractivity contribution is 7.95. The molecule has 1 aromatic rings. The van der Waals surface area contributed by atoms with Crippen molar-refractivity contribution in [1.82, 2.24) is 0 Å². The predicted octanol–water partition coefficient (Wildman–Crippen LogP) is 1.68. The third-order valence-electron chi connectivity index (χ3n) is 2.35. The van der Waals surface area contributed by atoms with E-state index in [1.165, 1.54) is 0 Å². The molecule has 1 heterocycles. The molecule has 0 N–H and O–H groups in total. The zero-order valence-electron chi connectivity index (χ0n) is 8.43. The number of benzene rings is 1. The second kappa shape index (κ2) is 3.79. The van der Waals surface area contributed by atoms with Gasteiger partial charge in [-0.1, -0.05) is 17.7 Å². The number of sulfone groups is 1. The van der Waals surface area contributed by atoms with Gasteiger partial charge in [-0.2, -0.15) is 0 Å². The van der Waals surface area contributed by atoms with Gasteiger partial charge < -0.3 is 4.74 Å². The van der Waals surface area contributed by atoms with Crippen LogP contribution in [0.3, 0.4) is 0 Å². The van der Waals surface area contributed by atoms with Crippen molar-refractivity contribution in [2.75, 3.05) is 13.2 Å². The van der Waals surface area contributed by atoms with Gasteiger partial charge in [0, 0.05) is 0 Å². The highest BCUT2D eigenvalue weighted by Crippen LogP contribution is 2.22. The van der Waals surface area contributed by atoms with E-state index in [-0.39, 0.29) is 6.61 Å². The maximum Gasteiger partial charge on any atom is 0.204 e. The lowest BCUT2D eigenvalue weighted by atomic mass is 10.2. The van der Waals surface area contributed by atoms with Gasteiger partial charge in [-0.15, -0.1) is 0 Å². The number of aryl methyl sites for hydroxylation is 1. The Balaban J connectivity index is 2.41. The Labute approximate surface area is 89.3 Å². The van der Waals surface area contributed by atoms with Crippen molar-refractivity contribution in [3.05, 3.63) is 40.8 Å². The van der Waals surface area contributed by atoms with E-state index >= 15 is 0 Å². The maximum atomic E-state index is 12.0. The maximum absolute atomic E-state index is 12.0. The fourth-order valence-electron chi connectivity index (χ4n) is 1.43. The Hall–Kier alpha value is -1.13. The zero-order valence-corrected chi connectivity index (χ0v) is 9.25. The summed E-state index contributed by atoms with van der Waals surface area (Å²) < 4.78 is 29.0. The van der Waals surface area contributed by atoms with Gasteiger partial charge in [-0.25, -0.2) is 8.42 Å². The van der Waals surface area contributed by atoms with E-state index in [4.69, 9.17) is 4.74 Å². The Bertz CT molecular complexity index is 483. The molecule has 0 unspecified atom stereocenters. The molecule has 80 valence electrons. The van der Waals surface area contributed by atoms with Crippen LogP contribution in [0.2, 0.25) is 0 Å². The van der Waals surface area contributed by atoms with Crippen LogP contribution >= 0.6 is 0 Å². The van der Waals surface area contributed by atoms with E-state index in [1.54, 1.807) is 30.3 Å². The summed E-state index contributed by atoms with van der Waals surface area (Å²) in [6, 6.07) is 6.85. The molecule has 0 saturated carbocycles. The first-order chi connectivity index (χ1) is 7.10. The van der Waals surface area contributed by atoms with E-state index in [1.807, 2.05) is 6.92 Å². The molecule has 0 fully saturated rings. The molecule has 3 nitrogen and oxygen atoms in total. The van der Waals surface area contributed by atoms with Crippen molar-refractivity contribution >= 4 is 9.84 Å². The summed E-state index contributed by atoms with van der Waals surface area (Å²) in [7, 11) is -3.32. The van der Waals surface area contributed by atoms with Crippen molar-refractivity contribution in [1.29, 1.82) is 0 Å². The number of hydrogen-bond acceptors (Lipinski definition) is 3. The first kappa shape index (κ1) is 10.4. The topological polar surface area (TPSA) is 43.4 Å². The van der Waals surface area contributed by atoms with Crippen LogP contribution in [0.25, 0.3) is 0 Å². The molecule has 0 atom stereocenters. The van der Waals surface area contributed by atoms with Crippen LogP contribution in [0.1, 0.15) is 5.56 Å². The molecular weight excluding hydrogens is 212 g/mol. The van der Waals surface area contributed by atoms with E-state index in [0.29, 0.717) is 16.4 Å². The monoisotopic (exact) mass is 224 g/mol. The molecule has 0 spiro atoms. The zero-order chi connectivity index (χ0) is 10.9. The van der Waals surface area contributed by atoms with E-state index in [9.17, 15) is 8.42 Å². The summed E-state index contributed by atoms with van der Waals surface area (Å²) in [5.74, 6) is 0. The van der Waals surface area contributed by atoms with Gasteiger partial charge in [0.1, 0.15) is 0 Å². The quantitative estimate of drug-likeness (QED) is 0.767. The summed E-state index contributed by atoms with van der Waals surface area (Å²) in [5, 5.41) is 0. The molecule has 0 aromatic heterocycles. The normalized spacial score (nSPS) is 16.5. The molecule has 15 heavy (non-hydrogen) atoms. The lowest BCUT2D eigenvalue weighted by Gasteiger charge is -2.04. The van der Waals surface area contributed by atoms with Crippen LogP contribution in [-0.2, 0) is 14.6 Å². The Morgan fingerprint density at radius 2 is 1.87 bits per heavy atom. The van der Waals surface area contributed by atoms with Crippen molar-refractivity contribution in [3.63, 3.8) is 0 Å². The first-order valence-electron chi connectivity index (χ1n) is 4.69. The van der Waals surface area contributed by atoms with Crippen molar-refractivity contribution < 1.29 is 13.2 Å². The molecule has 0 saturated heterocycles. The van der Waals surface area contributed by atoms with E-state index in [0.717, 1.165) is 5.56 Å². The van der Waals surface area contributed by atoms with Gasteiger partial charge in [-0.3, -0.25) is 0 Å². The average Bonchev–Trinajstić information content (AvgIpc) is 2.71. The highest BCUT2D eigenvalue weighted by Gasteiger charge is 2.22. The molecule has 4 heteroatoms. The van der Waals surface area contributed by atoms with Gasteiger partial charge in [-0.05, 0) is 25.1 Å². The fraction of sp³-hybridized carbons (Fsp3) is 0.273. The summed E-state index contributed by atoms with van der Waals surface area (Å²) in [6.45, 7) is 2.50. The summed E-state index contributed by atoms with van der Waals surface area (Å²) >= 11 is 0. The van der Waals surface area contributed by atoms with Crippen LogP contribution in [-0.4, -0.2) is 21.6 Å². The smallest absolute Gasteiger partial charge is 0.204 e. The van der Waals surface area contributed by atoms with Gasteiger partial charge in [0.15, 0.2) is 0 Å². The number of ether oxygens (including phenoxy) is 1. The van der Waals surface area contributed by atoms with Crippen LogP contribution < -0.4 is 0 Å². The molecule has 0 amide bonds. The first-order valence-corrected chi connectivity index (χ1v) is 6.17. The van der Waals surface area contributed by atoms with Crippen LogP contribution in [0.4, 0.5) is 0 Å². The second-order valence-electron chi connectivity index (χ2n) is 3.50. The van der Waals surface area contributed by atoms with E-state index < -0.39 is 9.84 Å². The minimum absolute atomic E-state index is 0.191. The molecule has 1 aliphatic heterocycles. The van der Waals surface area contributed by atoms with Crippen LogP contribution in [0.5, 0.6) is 0 Å². The van der Waals surface area contributed by atoms with Gasteiger partial charge in [0.2, 0.25) is 9.84 Å². The molecule has 0 radical (unpaired) electrons.